The van der Waals surface area contributed by atoms with Crippen LogP contribution in [0.1, 0.15) is 90.7 Å². The van der Waals surface area contributed by atoms with Gasteiger partial charge in [0.05, 0.1) is 17.4 Å². The third-order valence-electron chi connectivity index (χ3n) is 5.41. The van der Waals surface area contributed by atoms with E-state index in [-0.39, 0.29) is 23.1 Å². The highest BCUT2D eigenvalue weighted by Crippen LogP contribution is 2.38. The Bertz CT molecular complexity index is 1170. The van der Waals surface area contributed by atoms with Crippen molar-refractivity contribution in [3.8, 4) is 17.2 Å². The number of benzene rings is 2. The highest BCUT2D eigenvalue weighted by Gasteiger charge is 2.28. The van der Waals surface area contributed by atoms with Crippen molar-refractivity contribution in [3.63, 3.8) is 0 Å². The first-order valence-corrected chi connectivity index (χ1v) is 12.5. The Morgan fingerprint density at radius 2 is 1.30 bits per heavy atom. The summed E-state index contributed by atoms with van der Waals surface area (Å²) < 4.78 is 17.0. The second-order valence-corrected chi connectivity index (χ2v) is 12.1. The molecule has 6 heteroatoms. The Labute approximate surface area is 221 Å². The van der Waals surface area contributed by atoms with Crippen molar-refractivity contribution in [2.75, 3.05) is 6.61 Å². The van der Waals surface area contributed by atoms with Crippen LogP contribution in [-0.4, -0.2) is 24.3 Å². The van der Waals surface area contributed by atoms with Gasteiger partial charge in [0.2, 0.25) is 0 Å². The van der Waals surface area contributed by atoms with Gasteiger partial charge in [-0.2, -0.15) is 0 Å². The smallest absolute Gasteiger partial charge is 0.316 e. The molecule has 0 radical (unpaired) electrons. The summed E-state index contributed by atoms with van der Waals surface area (Å²) in [6.45, 7) is 19.1. The Balaban J connectivity index is 2.37. The average molecular weight is 509 g/mol. The summed E-state index contributed by atoms with van der Waals surface area (Å²) in [5, 5.41) is 0. The molecule has 0 bridgehead atoms. The SMILES string of the molecule is CCOc1cc(OC(=O)C(C)(C)C)c(C(C)(C)C)cc1C=CC(=O)c1ccc(OC(=O)C(C)(C)C)cc1. The Morgan fingerprint density at radius 1 is 0.757 bits per heavy atom. The fraction of sp³-hybridized carbons (Fsp3) is 0.452. The maximum Gasteiger partial charge on any atom is 0.316 e. The molecule has 0 aliphatic rings. The number of hydrogen-bond donors (Lipinski definition) is 0. The van der Waals surface area contributed by atoms with Gasteiger partial charge in [0.1, 0.15) is 17.2 Å². The van der Waals surface area contributed by atoms with E-state index in [9.17, 15) is 14.4 Å². The molecule has 2 aromatic carbocycles. The van der Waals surface area contributed by atoms with Gasteiger partial charge in [-0.3, -0.25) is 14.4 Å². The van der Waals surface area contributed by atoms with Crippen molar-refractivity contribution in [1.29, 1.82) is 0 Å². The topological polar surface area (TPSA) is 78.9 Å². The van der Waals surface area contributed by atoms with Gasteiger partial charge in [0.25, 0.3) is 0 Å². The van der Waals surface area contributed by atoms with Gasteiger partial charge in [-0.1, -0.05) is 20.8 Å². The number of carbonyl (C=O) groups is 3. The van der Waals surface area contributed by atoms with Gasteiger partial charge in [0.15, 0.2) is 5.78 Å². The van der Waals surface area contributed by atoms with E-state index in [2.05, 4.69) is 0 Å². The van der Waals surface area contributed by atoms with Crippen LogP contribution in [0, 0.1) is 10.8 Å². The number of carbonyl (C=O) groups excluding carboxylic acids is 3. The molecule has 2 aromatic rings. The summed E-state index contributed by atoms with van der Waals surface area (Å²) in [4.78, 5) is 37.6. The highest BCUT2D eigenvalue weighted by atomic mass is 16.5. The van der Waals surface area contributed by atoms with Gasteiger partial charge in [-0.25, -0.2) is 0 Å². The third-order valence-corrected chi connectivity index (χ3v) is 5.41. The number of ketones is 1. The van der Waals surface area contributed by atoms with Crippen LogP contribution >= 0.6 is 0 Å². The first-order valence-electron chi connectivity index (χ1n) is 12.5. The van der Waals surface area contributed by atoms with E-state index >= 15 is 0 Å². The molecule has 0 saturated carbocycles. The van der Waals surface area contributed by atoms with E-state index in [1.54, 1.807) is 78.0 Å². The number of ether oxygens (including phenoxy) is 3. The number of allylic oxidation sites excluding steroid dienone is 1. The monoisotopic (exact) mass is 508 g/mol. The molecule has 6 nitrogen and oxygen atoms in total. The molecule has 0 spiro atoms. The molecule has 0 aliphatic carbocycles. The van der Waals surface area contributed by atoms with Gasteiger partial charge in [-0.15, -0.1) is 0 Å². The van der Waals surface area contributed by atoms with Crippen molar-refractivity contribution >= 4 is 23.8 Å². The lowest BCUT2D eigenvalue weighted by molar-refractivity contribution is -0.143. The molecular formula is C31H40O6. The summed E-state index contributed by atoms with van der Waals surface area (Å²) >= 11 is 0. The molecule has 200 valence electrons. The molecule has 2 rings (SSSR count). The lowest BCUT2D eigenvalue weighted by Gasteiger charge is -2.26. The second-order valence-electron chi connectivity index (χ2n) is 12.1. The van der Waals surface area contributed by atoms with Crippen LogP contribution in [0.25, 0.3) is 6.08 Å². The zero-order valence-corrected chi connectivity index (χ0v) is 23.8. The van der Waals surface area contributed by atoms with Crippen molar-refractivity contribution in [2.45, 2.75) is 74.7 Å². The quantitative estimate of drug-likeness (QED) is 0.171. The predicted octanol–water partition coefficient (Wildman–Crippen LogP) is 7.18. The summed E-state index contributed by atoms with van der Waals surface area (Å²) in [6.07, 6.45) is 3.17. The molecule has 0 heterocycles. The van der Waals surface area contributed by atoms with E-state index in [4.69, 9.17) is 14.2 Å². The molecular weight excluding hydrogens is 468 g/mol. The van der Waals surface area contributed by atoms with Crippen LogP contribution < -0.4 is 14.2 Å². The Morgan fingerprint density at radius 3 is 1.78 bits per heavy atom. The van der Waals surface area contributed by atoms with E-state index < -0.39 is 10.8 Å². The van der Waals surface area contributed by atoms with Crippen molar-refractivity contribution < 1.29 is 28.6 Å². The molecule has 0 N–H and O–H groups in total. The normalized spacial score (nSPS) is 12.4. The van der Waals surface area contributed by atoms with Crippen LogP contribution in [0.15, 0.2) is 42.5 Å². The lowest BCUT2D eigenvalue weighted by atomic mass is 9.85. The second kappa shape index (κ2) is 11.3. The number of hydrogen-bond acceptors (Lipinski definition) is 6. The lowest BCUT2D eigenvalue weighted by Crippen LogP contribution is -2.27. The molecule has 0 amide bonds. The van der Waals surface area contributed by atoms with Crippen molar-refractivity contribution in [3.05, 3.63) is 59.2 Å². The minimum absolute atomic E-state index is 0.211. The highest BCUT2D eigenvalue weighted by molar-refractivity contribution is 6.07. The summed E-state index contributed by atoms with van der Waals surface area (Å²) in [5.41, 5.74) is 0.369. The van der Waals surface area contributed by atoms with Crippen LogP contribution in [0.4, 0.5) is 0 Å². The molecule has 0 unspecified atom stereocenters. The Kier molecular flexibility index (Phi) is 9.13. The predicted molar refractivity (Wildman–Crippen MR) is 146 cm³/mol. The minimum Gasteiger partial charge on any atom is -0.493 e. The number of rotatable bonds is 7. The summed E-state index contributed by atoms with van der Waals surface area (Å²) in [7, 11) is 0. The largest absolute Gasteiger partial charge is 0.493 e. The number of esters is 2. The van der Waals surface area contributed by atoms with Gasteiger partial charge in [0, 0.05) is 22.8 Å². The van der Waals surface area contributed by atoms with E-state index in [1.807, 2.05) is 33.8 Å². The van der Waals surface area contributed by atoms with E-state index in [1.165, 1.54) is 6.08 Å². The van der Waals surface area contributed by atoms with Crippen LogP contribution in [0.3, 0.4) is 0 Å². The zero-order valence-electron chi connectivity index (χ0n) is 23.8. The minimum atomic E-state index is -0.660. The van der Waals surface area contributed by atoms with Crippen LogP contribution in [0.5, 0.6) is 17.2 Å². The van der Waals surface area contributed by atoms with Crippen LogP contribution in [-0.2, 0) is 15.0 Å². The first-order chi connectivity index (χ1) is 16.9. The maximum absolute atomic E-state index is 12.9. The van der Waals surface area contributed by atoms with Crippen molar-refractivity contribution in [1.82, 2.24) is 0 Å². The molecule has 0 aliphatic heterocycles. The van der Waals surface area contributed by atoms with E-state index in [0.29, 0.717) is 35.0 Å². The molecule has 0 aromatic heterocycles. The average Bonchev–Trinajstić information content (AvgIpc) is 2.76. The standard InChI is InChI=1S/C31H40O6/c1-11-35-25-19-26(37-28(34)31(8,9)10)23(29(2,3)4)18-21(25)14-17-24(32)20-12-15-22(16-13-20)36-27(33)30(5,6)7/h12-19H,11H2,1-10H3. The van der Waals surface area contributed by atoms with Crippen LogP contribution in [0.2, 0.25) is 0 Å². The summed E-state index contributed by atoms with van der Waals surface area (Å²) in [5.74, 6) is 0.447. The van der Waals surface area contributed by atoms with Crippen molar-refractivity contribution in [2.24, 2.45) is 10.8 Å². The summed E-state index contributed by atoms with van der Waals surface area (Å²) in [6, 6.07) is 10.1. The first kappa shape index (κ1) is 29.8. The molecule has 0 saturated heterocycles. The maximum atomic E-state index is 12.9. The molecule has 0 fully saturated rings. The molecule has 0 atom stereocenters. The van der Waals surface area contributed by atoms with Gasteiger partial charge in [-0.05, 0) is 96.4 Å². The fourth-order valence-electron chi connectivity index (χ4n) is 3.12. The molecule has 37 heavy (non-hydrogen) atoms. The third kappa shape index (κ3) is 8.31. The van der Waals surface area contributed by atoms with Gasteiger partial charge < -0.3 is 14.2 Å². The Hall–Kier alpha value is -3.41. The zero-order chi connectivity index (χ0) is 28.2. The fourth-order valence-corrected chi connectivity index (χ4v) is 3.12. The van der Waals surface area contributed by atoms with E-state index in [0.717, 1.165) is 5.56 Å². The van der Waals surface area contributed by atoms with Gasteiger partial charge >= 0.3 is 11.9 Å².